The van der Waals surface area contributed by atoms with Gasteiger partial charge in [-0.05, 0) is 25.7 Å². The molecule has 0 aliphatic rings. The Kier molecular flexibility index (Phi) is 16.8. The summed E-state index contributed by atoms with van der Waals surface area (Å²) in [5.41, 5.74) is 0. The van der Waals surface area contributed by atoms with E-state index in [9.17, 15) is 4.79 Å². The van der Waals surface area contributed by atoms with Crippen LogP contribution < -0.4 is 0 Å². The average Bonchev–Trinajstić information content (AvgIpc) is 2.57. The average molecular weight is 328 g/mol. The zero-order chi connectivity index (χ0) is 17.2. The number of esters is 1. The molecule has 0 aliphatic carbocycles. The molecule has 0 fully saturated rings. The predicted molar refractivity (Wildman–Crippen MR) is 94.4 cm³/mol. The first-order chi connectivity index (χ1) is 11.2. The van der Waals surface area contributed by atoms with E-state index < -0.39 is 0 Å². The van der Waals surface area contributed by atoms with Crippen LogP contribution in [-0.2, 0) is 14.4 Å². The molecule has 1 N–H and O–H groups in total. The number of hydrogen-bond donors (Lipinski definition) is 1. The molecule has 4 nitrogen and oxygen atoms in total. The molecule has 0 bridgehead atoms. The van der Waals surface area contributed by atoms with E-state index in [-0.39, 0.29) is 12.1 Å². The first-order valence-electron chi connectivity index (χ1n) is 9.28. The van der Waals surface area contributed by atoms with Gasteiger partial charge in [-0.1, -0.05) is 70.4 Å². The second kappa shape index (κ2) is 17.5. The van der Waals surface area contributed by atoms with Crippen molar-refractivity contribution in [2.75, 3.05) is 7.11 Å². The first-order valence-corrected chi connectivity index (χ1v) is 9.28. The molecule has 0 rings (SSSR count). The molecule has 0 amide bonds. The summed E-state index contributed by atoms with van der Waals surface area (Å²) < 4.78 is 4.61. The summed E-state index contributed by atoms with van der Waals surface area (Å²) in [7, 11) is 1.43. The van der Waals surface area contributed by atoms with Crippen molar-refractivity contribution in [2.45, 2.75) is 96.5 Å². The Morgan fingerprint density at radius 2 is 1.65 bits per heavy atom. The fraction of sp³-hybridized carbons (Fsp3) is 0.842. The second-order valence-electron chi connectivity index (χ2n) is 6.16. The molecule has 0 spiro atoms. The van der Waals surface area contributed by atoms with E-state index in [2.05, 4.69) is 22.6 Å². The van der Waals surface area contributed by atoms with Crippen LogP contribution in [0.1, 0.15) is 90.4 Å². The Hall–Kier alpha value is -0.870. The zero-order valence-corrected chi connectivity index (χ0v) is 15.1. The summed E-state index contributed by atoms with van der Waals surface area (Å²) >= 11 is 0. The zero-order valence-electron chi connectivity index (χ0n) is 15.1. The Labute approximate surface area is 142 Å². The Balaban J connectivity index is 3.46. The minimum atomic E-state index is -0.156. The molecule has 136 valence electrons. The lowest BCUT2D eigenvalue weighted by Crippen LogP contribution is -2.06. The van der Waals surface area contributed by atoms with Crippen molar-refractivity contribution in [2.24, 2.45) is 0 Å². The molecule has 0 aliphatic heterocycles. The van der Waals surface area contributed by atoms with Crippen LogP contribution >= 0.6 is 0 Å². The van der Waals surface area contributed by atoms with E-state index in [1.807, 2.05) is 6.08 Å². The number of rotatable bonds is 16. The highest BCUT2D eigenvalue weighted by molar-refractivity contribution is 5.68. The van der Waals surface area contributed by atoms with Crippen LogP contribution in [0.25, 0.3) is 0 Å². The molecule has 0 heterocycles. The lowest BCUT2D eigenvalue weighted by atomic mass is 10.1. The molecule has 0 aromatic rings. The Bertz CT molecular complexity index is 289. The van der Waals surface area contributed by atoms with Gasteiger partial charge in [0.25, 0.3) is 0 Å². The van der Waals surface area contributed by atoms with Crippen LogP contribution in [0.3, 0.4) is 0 Å². The maximum atomic E-state index is 10.9. The molecular formula is C19H36O4. The highest BCUT2D eigenvalue weighted by Gasteiger charge is 2.03. The van der Waals surface area contributed by atoms with Crippen molar-refractivity contribution < 1.29 is 19.7 Å². The number of carbonyl (C=O) groups is 1. The van der Waals surface area contributed by atoms with Gasteiger partial charge in [0.05, 0.1) is 7.11 Å². The summed E-state index contributed by atoms with van der Waals surface area (Å²) in [6, 6.07) is 0. The van der Waals surface area contributed by atoms with E-state index in [4.69, 9.17) is 5.26 Å². The fourth-order valence-corrected chi connectivity index (χ4v) is 2.55. The van der Waals surface area contributed by atoms with Gasteiger partial charge < -0.3 is 4.74 Å². The smallest absolute Gasteiger partial charge is 0.305 e. The van der Waals surface area contributed by atoms with E-state index >= 15 is 0 Å². The highest BCUT2D eigenvalue weighted by atomic mass is 17.1. The van der Waals surface area contributed by atoms with E-state index in [0.717, 1.165) is 44.9 Å². The van der Waals surface area contributed by atoms with Gasteiger partial charge in [-0.2, -0.15) is 0 Å². The second-order valence-corrected chi connectivity index (χ2v) is 6.16. The van der Waals surface area contributed by atoms with Gasteiger partial charge in [0, 0.05) is 6.42 Å². The van der Waals surface area contributed by atoms with Crippen molar-refractivity contribution in [1.82, 2.24) is 0 Å². The van der Waals surface area contributed by atoms with E-state index in [0.29, 0.717) is 6.42 Å². The number of ether oxygens (including phenoxy) is 1. The number of carbonyl (C=O) groups excluding carboxylic acids is 1. The van der Waals surface area contributed by atoms with E-state index in [1.54, 1.807) is 0 Å². The van der Waals surface area contributed by atoms with Crippen molar-refractivity contribution >= 4 is 5.97 Å². The molecule has 0 aromatic heterocycles. The maximum absolute atomic E-state index is 10.9. The number of methoxy groups -OCH3 is 1. The van der Waals surface area contributed by atoms with Crippen LogP contribution in [0.2, 0.25) is 0 Å². The molecule has 1 atom stereocenters. The van der Waals surface area contributed by atoms with Crippen LogP contribution in [-0.4, -0.2) is 24.4 Å². The largest absolute Gasteiger partial charge is 0.469 e. The molecule has 0 saturated heterocycles. The van der Waals surface area contributed by atoms with Crippen molar-refractivity contribution in [3.05, 3.63) is 12.2 Å². The summed E-state index contributed by atoms with van der Waals surface area (Å²) in [6.07, 6.45) is 18.0. The molecule has 1 unspecified atom stereocenters. The molecule has 4 heteroatoms. The summed E-state index contributed by atoms with van der Waals surface area (Å²) in [4.78, 5) is 15.5. The minimum absolute atomic E-state index is 0.113. The van der Waals surface area contributed by atoms with Crippen LogP contribution in [0.4, 0.5) is 0 Å². The number of unbranched alkanes of at least 4 members (excludes halogenated alkanes) is 9. The topological polar surface area (TPSA) is 55.8 Å². The monoisotopic (exact) mass is 328 g/mol. The maximum Gasteiger partial charge on any atom is 0.305 e. The van der Waals surface area contributed by atoms with Gasteiger partial charge in [0.1, 0.15) is 6.10 Å². The highest BCUT2D eigenvalue weighted by Crippen LogP contribution is 2.12. The summed E-state index contributed by atoms with van der Waals surface area (Å²) in [5, 5.41) is 8.90. The number of hydrogen-bond acceptors (Lipinski definition) is 4. The normalized spacial score (nSPS) is 12.7. The standard InChI is InChI=1S/C19H36O4/c1-3-4-5-9-12-15-18(23-21)16-13-10-7-6-8-11-14-17-19(20)22-2/h13,16,18,21H,3-12,14-15,17H2,1-2H3/b16-13+. The van der Waals surface area contributed by atoms with Crippen LogP contribution in [0, 0.1) is 0 Å². The lowest BCUT2D eigenvalue weighted by molar-refractivity contribution is -0.267. The van der Waals surface area contributed by atoms with Crippen LogP contribution in [0.5, 0.6) is 0 Å². The fourth-order valence-electron chi connectivity index (χ4n) is 2.55. The molecule has 23 heavy (non-hydrogen) atoms. The van der Waals surface area contributed by atoms with E-state index in [1.165, 1.54) is 39.2 Å². The third kappa shape index (κ3) is 15.8. The van der Waals surface area contributed by atoms with Crippen molar-refractivity contribution in [1.29, 1.82) is 0 Å². The lowest BCUT2D eigenvalue weighted by Gasteiger charge is -2.08. The van der Waals surface area contributed by atoms with Gasteiger partial charge in [-0.15, -0.1) is 0 Å². The molecular weight excluding hydrogens is 292 g/mol. The van der Waals surface area contributed by atoms with Gasteiger partial charge in [0.2, 0.25) is 0 Å². The molecule has 0 saturated carbocycles. The minimum Gasteiger partial charge on any atom is -0.469 e. The molecule has 0 aromatic carbocycles. The Morgan fingerprint density at radius 3 is 2.35 bits per heavy atom. The predicted octanol–water partition coefficient (Wildman–Crippen LogP) is 5.67. The third-order valence-electron chi connectivity index (χ3n) is 4.06. The summed E-state index contributed by atoms with van der Waals surface area (Å²) in [6.45, 7) is 2.21. The number of allylic oxidation sites excluding steroid dienone is 1. The van der Waals surface area contributed by atoms with Gasteiger partial charge in [-0.3, -0.25) is 10.1 Å². The summed E-state index contributed by atoms with van der Waals surface area (Å²) in [5.74, 6) is -0.113. The third-order valence-corrected chi connectivity index (χ3v) is 4.06. The van der Waals surface area contributed by atoms with Crippen molar-refractivity contribution in [3.63, 3.8) is 0 Å². The first kappa shape index (κ1) is 22.1. The van der Waals surface area contributed by atoms with Gasteiger partial charge in [0.15, 0.2) is 0 Å². The van der Waals surface area contributed by atoms with Crippen LogP contribution in [0.15, 0.2) is 12.2 Å². The van der Waals surface area contributed by atoms with Gasteiger partial charge in [-0.25, -0.2) is 4.89 Å². The van der Waals surface area contributed by atoms with Crippen molar-refractivity contribution in [3.8, 4) is 0 Å². The SMILES string of the molecule is CCCCCCCC(/C=C/CCCCCCCC(=O)OC)OO. The molecule has 0 radical (unpaired) electrons. The quantitative estimate of drug-likeness (QED) is 0.130. The van der Waals surface area contributed by atoms with Gasteiger partial charge >= 0.3 is 5.97 Å². The Morgan fingerprint density at radius 1 is 1.00 bits per heavy atom.